The number of ether oxygens (including phenoxy) is 1. The summed E-state index contributed by atoms with van der Waals surface area (Å²) in [6, 6.07) is 14.0. The van der Waals surface area contributed by atoms with Crippen LogP contribution >= 0.6 is 0 Å². The van der Waals surface area contributed by atoms with Gasteiger partial charge < -0.3 is 24.8 Å². The van der Waals surface area contributed by atoms with E-state index in [2.05, 4.69) is 15.6 Å². The molecule has 0 aliphatic carbocycles. The van der Waals surface area contributed by atoms with Gasteiger partial charge in [-0.1, -0.05) is 12.1 Å². The SMILES string of the molecule is COc1cccc2cc(CNC(=O)Nc3ccc4c(=O)[nH]ccc4c3)oc12. The number of carbonyl (C=O) groups is 1. The van der Waals surface area contributed by atoms with Crippen LogP contribution in [0.15, 0.2) is 63.9 Å². The van der Waals surface area contributed by atoms with Crippen LogP contribution in [-0.2, 0) is 6.54 Å². The maximum absolute atomic E-state index is 12.2. The average Bonchev–Trinajstić information content (AvgIpc) is 3.09. The molecule has 0 bridgehead atoms. The first-order chi connectivity index (χ1) is 13.1. The Bertz CT molecular complexity index is 1190. The van der Waals surface area contributed by atoms with Crippen LogP contribution in [0.5, 0.6) is 5.75 Å². The molecule has 0 saturated carbocycles. The summed E-state index contributed by atoms with van der Waals surface area (Å²) < 4.78 is 11.0. The number of pyridine rings is 1. The molecule has 27 heavy (non-hydrogen) atoms. The second-order valence-electron chi connectivity index (χ2n) is 6.01. The molecule has 0 unspecified atom stereocenters. The lowest BCUT2D eigenvalue weighted by atomic mass is 10.1. The highest BCUT2D eigenvalue weighted by molar-refractivity contribution is 5.93. The van der Waals surface area contributed by atoms with Gasteiger partial charge in [-0.2, -0.15) is 0 Å². The fourth-order valence-corrected chi connectivity index (χ4v) is 2.95. The highest BCUT2D eigenvalue weighted by Crippen LogP contribution is 2.28. The molecule has 0 aliphatic heterocycles. The van der Waals surface area contributed by atoms with Crippen molar-refractivity contribution in [2.24, 2.45) is 0 Å². The molecule has 2 heterocycles. The topological polar surface area (TPSA) is 96.4 Å². The molecule has 7 heteroatoms. The van der Waals surface area contributed by atoms with E-state index < -0.39 is 0 Å². The van der Waals surface area contributed by atoms with Crippen LogP contribution in [0.3, 0.4) is 0 Å². The van der Waals surface area contributed by atoms with E-state index in [1.54, 1.807) is 37.6 Å². The number of urea groups is 1. The van der Waals surface area contributed by atoms with Crippen LogP contribution in [0.4, 0.5) is 10.5 Å². The Morgan fingerprint density at radius 1 is 1.15 bits per heavy atom. The molecule has 4 aromatic rings. The Morgan fingerprint density at radius 3 is 2.89 bits per heavy atom. The molecule has 0 saturated heterocycles. The molecule has 2 aromatic heterocycles. The molecular weight excluding hydrogens is 346 g/mol. The summed E-state index contributed by atoms with van der Waals surface area (Å²) >= 11 is 0. The van der Waals surface area contributed by atoms with Crippen LogP contribution in [0.25, 0.3) is 21.7 Å². The fourth-order valence-electron chi connectivity index (χ4n) is 2.95. The third-order valence-corrected chi connectivity index (χ3v) is 4.23. The molecule has 4 rings (SSSR count). The molecular formula is C20H17N3O4. The number of H-pyrrole nitrogens is 1. The van der Waals surface area contributed by atoms with E-state index in [1.165, 1.54) is 0 Å². The van der Waals surface area contributed by atoms with Crippen molar-refractivity contribution in [3.8, 4) is 5.75 Å². The fraction of sp³-hybridized carbons (Fsp3) is 0.100. The summed E-state index contributed by atoms with van der Waals surface area (Å²) in [6.07, 6.45) is 1.57. The zero-order valence-electron chi connectivity index (χ0n) is 14.5. The lowest BCUT2D eigenvalue weighted by Gasteiger charge is -2.07. The van der Waals surface area contributed by atoms with Crippen molar-refractivity contribution >= 4 is 33.5 Å². The number of aromatic amines is 1. The third-order valence-electron chi connectivity index (χ3n) is 4.23. The molecule has 0 radical (unpaired) electrons. The van der Waals surface area contributed by atoms with Gasteiger partial charge in [0.2, 0.25) is 0 Å². The van der Waals surface area contributed by atoms with Crippen LogP contribution < -0.4 is 20.9 Å². The van der Waals surface area contributed by atoms with Gasteiger partial charge in [0.15, 0.2) is 11.3 Å². The predicted octanol–water partition coefficient (Wildman–Crippen LogP) is 3.60. The van der Waals surface area contributed by atoms with Gasteiger partial charge in [-0.05, 0) is 41.8 Å². The van der Waals surface area contributed by atoms with Crippen molar-refractivity contribution in [3.63, 3.8) is 0 Å². The van der Waals surface area contributed by atoms with Gasteiger partial charge in [0.1, 0.15) is 5.76 Å². The maximum Gasteiger partial charge on any atom is 0.319 e. The lowest BCUT2D eigenvalue weighted by molar-refractivity contribution is 0.251. The summed E-state index contributed by atoms with van der Waals surface area (Å²) in [6.45, 7) is 0.233. The van der Waals surface area contributed by atoms with Gasteiger partial charge in [-0.15, -0.1) is 0 Å². The third kappa shape index (κ3) is 3.35. The molecule has 136 valence electrons. The summed E-state index contributed by atoms with van der Waals surface area (Å²) in [5.41, 5.74) is 1.08. The molecule has 0 aliphatic rings. The number of hydrogen-bond donors (Lipinski definition) is 3. The number of nitrogens with one attached hydrogen (secondary N) is 3. The number of amides is 2. The van der Waals surface area contributed by atoms with Gasteiger partial charge in [0, 0.05) is 22.7 Å². The second-order valence-corrected chi connectivity index (χ2v) is 6.01. The van der Waals surface area contributed by atoms with E-state index in [0.29, 0.717) is 28.2 Å². The van der Waals surface area contributed by atoms with Gasteiger partial charge in [0.25, 0.3) is 5.56 Å². The van der Waals surface area contributed by atoms with Gasteiger partial charge in [0.05, 0.1) is 13.7 Å². The number of furan rings is 1. The van der Waals surface area contributed by atoms with Crippen LogP contribution in [0, 0.1) is 0 Å². The summed E-state index contributed by atoms with van der Waals surface area (Å²) in [4.78, 5) is 26.5. The number of methoxy groups -OCH3 is 1. The monoisotopic (exact) mass is 363 g/mol. The van der Waals surface area contributed by atoms with E-state index in [-0.39, 0.29) is 18.1 Å². The Balaban J connectivity index is 1.45. The van der Waals surface area contributed by atoms with E-state index in [1.807, 2.05) is 24.3 Å². The normalized spacial score (nSPS) is 10.9. The van der Waals surface area contributed by atoms with Crippen molar-refractivity contribution in [1.29, 1.82) is 0 Å². The van der Waals surface area contributed by atoms with E-state index in [9.17, 15) is 9.59 Å². The first-order valence-corrected chi connectivity index (χ1v) is 8.36. The molecule has 3 N–H and O–H groups in total. The summed E-state index contributed by atoms with van der Waals surface area (Å²) in [5, 5.41) is 7.73. The molecule has 2 amide bonds. The molecule has 0 atom stereocenters. The largest absolute Gasteiger partial charge is 0.493 e. The minimum atomic E-state index is -0.369. The average molecular weight is 363 g/mol. The number of rotatable bonds is 4. The standard InChI is InChI=1S/C20H17N3O4/c1-26-17-4-2-3-13-10-15(27-18(13)17)11-22-20(25)23-14-5-6-16-12(9-14)7-8-21-19(16)24/h2-10H,11H2,1H3,(H,21,24)(H2,22,23,25). The van der Waals surface area contributed by atoms with Crippen molar-refractivity contribution < 1.29 is 13.9 Å². The highest BCUT2D eigenvalue weighted by Gasteiger charge is 2.10. The van der Waals surface area contributed by atoms with Crippen LogP contribution in [0.2, 0.25) is 0 Å². The summed E-state index contributed by atoms with van der Waals surface area (Å²) in [7, 11) is 1.58. The van der Waals surface area contributed by atoms with Crippen molar-refractivity contribution in [1.82, 2.24) is 10.3 Å². The van der Waals surface area contributed by atoms with Crippen molar-refractivity contribution in [2.75, 3.05) is 12.4 Å². The van der Waals surface area contributed by atoms with Crippen molar-refractivity contribution in [3.05, 3.63) is 70.8 Å². The van der Waals surface area contributed by atoms with E-state index in [0.717, 1.165) is 10.8 Å². The zero-order valence-corrected chi connectivity index (χ0v) is 14.5. The van der Waals surface area contributed by atoms with E-state index in [4.69, 9.17) is 9.15 Å². The zero-order chi connectivity index (χ0) is 18.8. The number of fused-ring (bicyclic) bond motifs is 2. The molecule has 0 fully saturated rings. The Kier molecular flexibility index (Phi) is 4.25. The molecule has 0 spiro atoms. The number of anilines is 1. The second kappa shape index (κ2) is 6.87. The molecule has 2 aromatic carbocycles. The predicted molar refractivity (Wildman–Crippen MR) is 103 cm³/mol. The van der Waals surface area contributed by atoms with Crippen LogP contribution in [-0.4, -0.2) is 18.1 Å². The lowest BCUT2D eigenvalue weighted by Crippen LogP contribution is -2.28. The number of carbonyl (C=O) groups excluding carboxylic acids is 1. The highest BCUT2D eigenvalue weighted by atomic mass is 16.5. The quantitative estimate of drug-likeness (QED) is 0.516. The number of benzene rings is 2. The summed E-state index contributed by atoms with van der Waals surface area (Å²) in [5.74, 6) is 1.27. The number of aromatic nitrogens is 1. The molecule has 7 nitrogen and oxygen atoms in total. The van der Waals surface area contributed by atoms with Gasteiger partial charge in [-0.3, -0.25) is 4.79 Å². The first-order valence-electron chi connectivity index (χ1n) is 8.36. The minimum absolute atomic E-state index is 0.163. The Hall–Kier alpha value is -3.74. The minimum Gasteiger partial charge on any atom is -0.493 e. The Morgan fingerprint density at radius 2 is 2.04 bits per heavy atom. The van der Waals surface area contributed by atoms with Crippen LogP contribution in [0.1, 0.15) is 5.76 Å². The Labute approximate surface area is 153 Å². The maximum atomic E-state index is 12.2. The van der Waals surface area contributed by atoms with Crippen molar-refractivity contribution in [2.45, 2.75) is 6.54 Å². The van der Waals surface area contributed by atoms with Gasteiger partial charge >= 0.3 is 6.03 Å². The first kappa shape index (κ1) is 16.7. The number of hydrogen-bond acceptors (Lipinski definition) is 4. The smallest absolute Gasteiger partial charge is 0.319 e. The van der Waals surface area contributed by atoms with E-state index >= 15 is 0 Å². The van der Waals surface area contributed by atoms with Gasteiger partial charge in [-0.25, -0.2) is 4.79 Å². The number of para-hydroxylation sites is 1.